The highest BCUT2D eigenvalue weighted by atomic mass is 35.5. The number of hydrogen-bond donors (Lipinski definition) is 1. The van der Waals surface area contributed by atoms with E-state index in [1.54, 1.807) is 23.0 Å². The van der Waals surface area contributed by atoms with Crippen molar-refractivity contribution in [2.24, 2.45) is 4.99 Å². The molecule has 37 heavy (non-hydrogen) atoms. The summed E-state index contributed by atoms with van der Waals surface area (Å²) < 4.78 is 7.15. The first kappa shape index (κ1) is 24.5. The van der Waals surface area contributed by atoms with Gasteiger partial charge in [-0.25, -0.2) is 4.98 Å². The standard InChI is InChI=1S/C27H23N5O4.ClH/c1-15(2)36-21(33)13-17-12-16-6-5-7-18-24(28-9-11-31(17)25(16)18)23-22(26(34)30-27(23)35)19-14-29-20-8-3-4-10-32(19)20;/h3-11,14-15,17H,12-13H2,1-2H3,(H,30,34,35);1H. The maximum Gasteiger partial charge on any atom is 0.308 e. The number of aliphatic imine (C=N–C) groups is 1. The predicted molar refractivity (Wildman–Crippen MR) is 140 cm³/mol. The number of fused-ring (bicyclic) bond motifs is 1. The molecule has 10 heteroatoms. The van der Waals surface area contributed by atoms with Gasteiger partial charge in [0.1, 0.15) is 5.65 Å². The summed E-state index contributed by atoms with van der Waals surface area (Å²) in [6.07, 6.45) is 7.51. The Balaban J connectivity index is 0.00000280. The highest BCUT2D eigenvalue weighted by Crippen LogP contribution is 2.41. The van der Waals surface area contributed by atoms with Crippen LogP contribution in [0.1, 0.15) is 37.1 Å². The van der Waals surface area contributed by atoms with Crippen LogP contribution in [0, 0.1) is 0 Å². The topological polar surface area (TPSA) is 105 Å². The van der Waals surface area contributed by atoms with Crippen molar-refractivity contribution in [1.29, 1.82) is 0 Å². The van der Waals surface area contributed by atoms with Crippen molar-refractivity contribution in [3.05, 3.63) is 83.6 Å². The minimum Gasteiger partial charge on any atom is -0.463 e. The van der Waals surface area contributed by atoms with Gasteiger partial charge in [-0.2, -0.15) is 0 Å². The molecule has 0 fully saturated rings. The lowest BCUT2D eigenvalue weighted by Gasteiger charge is -2.24. The lowest BCUT2D eigenvalue weighted by Crippen LogP contribution is -2.31. The van der Waals surface area contributed by atoms with E-state index in [2.05, 4.69) is 15.3 Å². The van der Waals surface area contributed by atoms with E-state index in [1.807, 2.05) is 61.3 Å². The lowest BCUT2D eigenvalue weighted by molar-refractivity contribution is -0.147. The maximum atomic E-state index is 13.1. The largest absolute Gasteiger partial charge is 0.463 e. The van der Waals surface area contributed by atoms with E-state index in [-0.39, 0.29) is 48.1 Å². The summed E-state index contributed by atoms with van der Waals surface area (Å²) >= 11 is 0. The van der Waals surface area contributed by atoms with Crippen LogP contribution in [0.15, 0.2) is 71.8 Å². The number of carbonyl (C=O) groups is 3. The summed E-state index contributed by atoms with van der Waals surface area (Å²) in [5.41, 5.74) is 4.65. The van der Waals surface area contributed by atoms with E-state index in [9.17, 15) is 14.4 Å². The molecule has 2 amide bonds. The number of nitrogens with one attached hydrogen (secondary N) is 1. The number of esters is 1. The highest BCUT2D eigenvalue weighted by molar-refractivity contribution is 6.47. The number of amides is 2. The van der Waals surface area contributed by atoms with Crippen molar-refractivity contribution in [2.45, 2.75) is 38.8 Å². The van der Waals surface area contributed by atoms with Crippen LogP contribution in [0.25, 0.3) is 11.2 Å². The molecule has 3 aromatic rings. The fourth-order valence-corrected chi connectivity index (χ4v) is 5.15. The lowest BCUT2D eigenvalue weighted by atomic mass is 9.94. The number of pyridine rings is 1. The van der Waals surface area contributed by atoms with Crippen molar-refractivity contribution in [2.75, 3.05) is 4.90 Å². The number of imide groups is 1. The van der Waals surface area contributed by atoms with E-state index in [0.717, 1.165) is 16.8 Å². The number of ether oxygens (including phenoxy) is 1. The second-order valence-corrected chi connectivity index (χ2v) is 9.20. The Kier molecular flexibility index (Phi) is 6.16. The number of nitrogens with zero attached hydrogens (tertiary/aromatic N) is 4. The molecule has 0 bridgehead atoms. The van der Waals surface area contributed by atoms with Crippen molar-refractivity contribution in [1.82, 2.24) is 14.7 Å². The first-order chi connectivity index (χ1) is 17.4. The molecule has 2 aromatic heterocycles. The number of carbonyl (C=O) groups excluding carboxylic acids is 3. The summed E-state index contributed by atoms with van der Waals surface area (Å²) in [5.74, 6) is -1.26. The molecule has 6 rings (SSSR count). The van der Waals surface area contributed by atoms with Crippen LogP contribution in [0.2, 0.25) is 0 Å². The molecule has 0 radical (unpaired) electrons. The van der Waals surface area contributed by atoms with Crippen LogP contribution in [-0.4, -0.2) is 45.0 Å². The van der Waals surface area contributed by atoms with Crippen LogP contribution in [0.5, 0.6) is 0 Å². The molecule has 1 aromatic carbocycles. The van der Waals surface area contributed by atoms with E-state index in [4.69, 9.17) is 4.74 Å². The number of anilines is 1. The quantitative estimate of drug-likeness (QED) is 0.411. The van der Waals surface area contributed by atoms with Gasteiger partial charge in [-0.3, -0.25) is 29.1 Å². The molecule has 1 N–H and O–H groups in total. The van der Waals surface area contributed by atoms with Crippen LogP contribution >= 0.6 is 12.4 Å². The zero-order valence-electron chi connectivity index (χ0n) is 20.2. The monoisotopic (exact) mass is 517 g/mol. The van der Waals surface area contributed by atoms with E-state index >= 15 is 0 Å². The Morgan fingerprint density at radius 1 is 1.14 bits per heavy atom. The number of para-hydroxylation sites is 1. The smallest absolute Gasteiger partial charge is 0.308 e. The Bertz CT molecular complexity index is 1550. The number of benzene rings is 1. The van der Waals surface area contributed by atoms with Gasteiger partial charge >= 0.3 is 5.97 Å². The third kappa shape index (κ3) is 4.01. The summed E-state index contributed by atoms with van der Waals surface area (Å²) in [6, 6.07) is 11.2. The molecule has 0 aliphatic carbocycles. The molecule has 0 saturated heterocycles. The molecular formula is C27H24ClN5O4. The Morgan fingerprint density at radius 3 is 2.76 bits per heavy atom. The number of rotatable bonds is 5. The predicted octanol–water partition coefficient (Wildman–Crippen LogP) is 3.21. The SMILES string of the molecule is CC(C)OC(=O)CC1Cc2cccc3c2N1C=CN=C3C1=C(c2cnc3ccccn23)C(=O)NC1=O.Cl. The normalized spacial score (nSPS) is 18.1. The minimum absolute atomic E-state index is 0. The first-order valence-corrected chi connectivity index (χ1v) is 11.8. The van der Waals surface area contributed by atoms with Crippen LogP contribution in [0.4, 0.5) is 5.69 Å². The minimum atomic E-state index is -0.505. The van der Waals surface area contributed by atoms with Crippen LogP contribution in [0.3, 0.4) is 0 Å². The van der Waals surface area contributed by atoms with Gasteiger partial charge in [-0.1, -0.05) is 24.3 Å². The van der Waals surface area contributed by atoms with Gasteiger partial charge in [0, 0.05) is 30.2 Å². The number of aromatic nitrogens is 2. The number of hydrogen-bond acceptors (Lipinski definition) is 7. The van der Waals surface area contributed by atoms with Crippen molar-refractivity contribution >= 4 is 52.8 Å². The van der Waals surface area contributed by atoms with Gasteiger partial charge in [0.2, 0.25) is 0 Å². The van der Waals surface area contributed by atoms with Gasteiger partial charge in [-0.15, -0.1) is 12.4 Å². The summed E-state index contributed by atoms with van der Waals surface area (Å²) in [4.78, 5) is 49.6. The van der Waals surface area contributed by atoms with Crippen LogP contribution in [-0.2, 0) is 25.5 Å². The Labute approximate surface area is 218 Å². The summed E-state index contributed by atoms with van der Waals surface area (Å²) in [5, 5.41) is 2.44. The molecule has 0 saturated carbocycles. The highest BCUT2D eigenvalue weighted by Gasteiger charge is 2.40. The maximum absolute atomic E-state index is 13.1. The zero-order chi connectivity index (χ0) is 25.0. The molecule has 9 nitrogen and oxygen atoms in total. The Hall–Kier alpha value is -4.24. The van der Waals surface area contributed by atoms with Crippen molar-refractivity contribution < 1.29 is 19.1 Å². The summed E-state index contributed by atoms with van der Waals surface area (Å²) in [7, 11) is 0. The zero-order valence-corrected chi connectivity index (χ0v) is 21.0. The molecule has 0 spiro atoms. The number of imidazole rings is 1. The molecule has 1 atom stereocenters. The first-order valence-electron chi connectivity index (χ1n) is 11.8. The molecule has 5 heterocycles. The van der Waals surface area contributed by atoms with E-state index < -0.39 is 11.8 Å². The van der Waals surface area contributed by atoms with Crippen LogP contribution < -0.4 is 10.2 Å². The molecule has 3 aliphatic heterocycles. The second kappa shape index (κ2) is 9.33. The molecule has 1 unspecified atom stereocenters. The van der Waals surface area contributed by atoms with Gasteiger partial charge in [0.05, 0.1) is 47.0 Å². The average molecular weight is 518 g/mol. The molecule has 3 aliphatic rings. The van der Waals surface area contributed by atoms with Crippen molar-refractivity contribution in [3.63, 3.8) is 0 Å². The third-order valence-corrected chi connectivity index (χ3v) is 6.52. The van der Waals surface area contributed by atoms with Gasteiger partial charge in [-0.05, 0) is 38.0 Å². The molecular weight excluding hydrogens is 494 g/mol. The molecule has 188 valence electrons. The second-order valence-electron chi connectivity index (χ2n) is 9.20. The van der Waals surface area contributed by atoms with Gasteiger partial charge < -0.3 is 9.64 Å². The van der Waals surface area contributed by atoms with Gasteiger partial charge in [0.25, 0.3) is 11.8 Å². The fraction of sp³-hybridized carbons (Fsp3) is 0.222. The van der Waals surface area contributed by atoms with Gasteiger partial charge in [0.15, 0.2) is 0 Å². The van der Waals surface area contributed by atoms with E-state index in [1.165, 1.54) is 0 Å². The fourth-order valence-electron chi connectivity index (χ4n) is 5.15. The van der Waals surface area contributed by atoms with E-state index in [0.29, 0.717) is 23.5 Å². The summed E-state index contributed by atoms with van der Waals surface area (Å²) in [6.45, 7) is 3.66. The third-order valence-electron chi connectivity index (χ3n) is 6.52. The average Bonchev–Trinajstić information content (AvgIpc) is 3.44. The number of halogens is 1. The van der Waals surface area contributed by atoms with Crippen molar-refractivity contribution in [3.8, 4) is 0 Å². The Morgan fingerprint density at radius 2 is 1.95 bits per heavy atom.